The Kier molecular flexibility index (Phi) is 8.30. The molecule has 27 heavy (non-hydrogen) atoms. The summed E-state index contributed by atoms with van der Waals surface area (Å²) >= 11 is 0. The summed E-state index contributed by atoms with van der Waals surface area (Å²) in [5, 5.41) is 3.28. The number of carbonyl (C=O) groups excluding carboxylic acids is 1. The molecular formula is C21H24ClFN2O2. The minimum Gasteiger partial charge on any atom is -0.489 e. The molecule has 0 unspecified atom stereocenters. The highest BCUT2D eigenvalue weighted by Gasteiger charge is 2.06. The van der Waals surface area contributed by atoms with E-state index in [2.05, 4.69) is 10.2 Å². The van der Waals surface area contributed by atoms with E-state index in [-0.39, 0.29) is 24.0 Å². The van der Waals surface area contributed by atoms with Crippen molar-refractivity contribution in [3.63, 3.8) is 0 Å². The molecule has 1 saturated heterocycles. The molecule has 144 valence electrons. The van der Waals surface area contributed by atoms with Crippen molar-refractivity contribution < 1.29 is 13.9 Å². The van der Waals surface area contributed by atoms with Gasteiger partial charge in [-0.2, -0.15) is 0 Å². The number of hydrogen-bond acceptors (Lipinski definition) is 4. The van der Waals surface area contributed by atoms with Crippen LogP contribution in [0.15, 0.2) is 60.8 Å². The normalized spacial score (nSPS) is 14.0. The zero-order valence-corrected chi connectivity index (χ0v) is 15.9. The van der Waals surface area contributed by atoms with Gasteiger partial charge in [-0.25, -0.2) is 4.39 Å². The number of nitrogens with zero attached hydrogens (tertiary/aromatic N) is 1. The molecule has 4 nitrogen and oxygen atoms in total. The van der Waals surface area contributed by atoms with Gasteiger partial charge in [-0.3, -0.25) is 4.79 Å². The van der Waals surface area contributed by atoms with Crippen LogP contribution in [0.1, 0.15) is 11.1 Å². The zero-order valence-electron chi connectivity index (χ0n) is 15.1. The lowest BCUT2D eigenvalue weighted by Gasteiger charge is -2.25. The molecule has 2 aromatic carbocycles. The van der Waals surface area contributed by atoms with Gasteiger partial charge in [0, 0.05) is 38.8 Å². The lowest BCUT2D eigenvalue weighted by atomic mass is 10.1. The van der Waals surface area contributed by atoms with Crippen molar-refractivity contribution in [1.82, 2.24) is 10.2 Å². The second kappa shape index (κ2) is 10.7. The third-order valence-corrected chi connectivity index (χ3v) is 4.24. The Bertz CT molecular complexity index is 742. The van der Waals surface area contributed by atoms with Crippen LogP contribution in [0.4, 0.5) is 4.39 Å². The first-order valence-corrected chi connectivity index (χ1v) is 8.81. The Morgan fingerprint density at radius 2 is 1.67 bits per heavy atom. The fourth-order valence-electron chi connectivity index (χ4n) is 2.73. The maximum atomic E-state index is 12.9. The molecule has 1 aliphatic heterocycles. The zero-order chi connectivity index (χ0) is 18.2. The minimum atomic E-state index is -0.280. The van der Waals surface area contributed by atoms with Gasteiger partial charge in [0.25, 0.3) is 0 Å². The number of nitrogens with one attached hydrogen (secondary N) is 1. The second-order valence-electron chi connectivity index (χ2n) is 6.30. The number of piperazine rings is 1. The van der Waals surface area contributed by atoms with Crippen LogP contribution in [0, 0.1) is 5.82 Å². The highest BCUT2D eigenvalue weighted by Crippen LogP contribution is 2.14. The quantitative estimate of drug-likeness (QED) is 0.736. The van der Waals surface area contributed by atoms with E-state index in [0.717, 1.165) is 37.3 Å². The maximum Gasteiger partial charge on any atom is 0.161 e. The Hall–Kier alpha value is -2.37. The van der Waals surface area contributed by atoms with Crippen LogP contribution in [0.2, 0.25) is 0 Å². The Balaban J connectivity index is 0.00000261. The van der Waals surface area contributed by atoms with Gasteiger partial charge in [0.05, 0.1) is 0 Å². The van der Waals surface area contributed by atoms with Crippen molar-refractivity contribution in [1.29, 1.82) is 0 Å². The Labute approximate surface area is 165 Å². The number of allylic oxidation sites excluding steroid dienone is 1. The van der Waals surface area contributed by atoms with Crippen molar-refractivity contribution in [3.05, 3.63) is 77.8 Å². The number of hydrogen-bond donors (Lipinski definition) is 1. The molecule has 0 amide bonds. The summed E-state index contributed by atoms with van der Waals surface area (Å²) < 4.78 is 18.5. The van der Waals surface area contributed by atoms with Crippen LogP contribution < -0.4 is 10.1 Å². The van der Waals surface area contributed by atoms with Crippen molar-refractivity contribution in [2.24, 2.45) is 0 Å². The van der Waals surface area contributed by atoms with Gasteiger partial charge in [0.1, 0.15) is 18.2 Å². The molecule has 6 heteroatoms. The van der Waals surface area contributed by atoms with Crippen LogP contribution in [0.3, 0.4) is 0 Å². The molecule has 0 atom stereocenters. The van der Waals surface area contributed by atoms with E-state index in [1.54, 1.807) is 18.2 Å². The summed E-state index contributed by atoms with van der Waals surface area (Å²) in [6.07, 6.45) is 3.95. The monoisotopic (exact) mass is 390 g/mol. The fourth-order valence-corrected chi connectivity index (χ4v) is 2.73. The number of ketones is 1. The third-order valence-electron chi connectivity index (χ3n) is 4.24. The van der Waals surface area contributed by atoms with E-state index in [9.17, 15) is 9.18 Å². The molecule has 1 N–H and O–H groups in total. The van der Waals surface area contributed by atoms with Gasteiger partial charge in [-0.05, 0) is 41.5 Å². The van der Waals surface area contributed by atoms with Gasteiger partial charge in [-0.15, -0.1) is 12.4 Å². The van der Waals surface area contributed by atoms with Crippen molar-refractivity contribution in [2.45, 2.75) is 13.0 Å². The second-order valence-corrected chi connectivity index (χ2v) is 6.30. The fraction of sp³-hybridized carbons (Fsp3) is 0.286. The molecule has 0 saturated carbocycles. The summed E-state index contributed by atoms with van der Waals surface area (Å²) in [4.78, 5) is 14.3. The van der Waals surface area contributed by atoms with E-state index >= 15 is 0 Å². The summed E-state index contributed by atoms with van der Waals surface area (Å²) in [6.45, 7) is 4.20. The molecule has 1 aliphatic rings. The van der Waals surface area contributed by atoms with E-state index in [0.29, 0.717) is 18.8 Å². The molecule has 0 aromatic heterocycles. The highest BCUT2D eigenvalue weighted by atomic mass is 35.5. The van der Waals surface area contributed by atoms with Crippen LogP contribution in [-0.4, -0.2) is 36.9 Å². The van der Waals surface area contributed by atoms with Gasteiger partial charge >= 0.3 is 0 Å². The summed E-state index contributed by atoms with van der Waals surface area (Å²) in [6, 6.07) is 13.7. The van der Waals surface area contributed by atoms with Gasteiger partial charge in [0.2, 0.25) is 0 Å². The van der Waals surface area contributed by atoms with E-state index in [4.69, 9.17) is 4.74 Å². The van der Waals surface area contributed by atoms with Crippen LogP contribution in [-0.2, 0) is 17.8 Å². The average Bonchev–Trinajstić information content (AvgIpc) is 2.68. The Morgan fingerprint density at radius 1 is 1.04 bits per heavy atom. The average molecular weight is 391 g/mol. The smallest absolute Gasteiger partial charge is 0.161 e. The molecule has 1 heterocycles. The van der Waals surface area contributed by atoms with E-state index < -0.39 is 0 Å². The van der Waals surface area contributed by atoms with Crippen molar-refractivity contribution in [3.8, 4) is 5.75 Å². The molecule has 0 bridgehead atoms. The topological polar surface area (TPSA) is 41.6 Å². The van der Waals surface area contributed by atoms with Gasteiger partial charge < -0.3 is 15.0 Å². The summed E-state index contributed by atoms with van der Waals surface area (Å²) in [5.74, 6) is 0.444. The predicted octanol–water partition coefficient (Wildman–Crippen LogP) is 3.36. The first-order chi connectivity index (χ1) is 12.7. The van der Waals surface area contributed by atoms with Crippen LogP contribution >= 0.6 is 12.4 Å². The number of carbonyl (C=O) groups is 1. The van der Waals surface area contributed by atoms with Crippen molar-refractivity contribution in [2.75, 3.05) is 26.2 Å². The van der Waals surface area contributed by atoms with E-state index in [1.165, 1.54) is 12.1 Å². The van der Waals surface area contributed by atoms with Crippen molar-refractivity contribution >= 4 is 18.2 Å². The summed E-state index contributed by atoms with van der Waals surface area (Å²) in [7, 11) is 0. The van der Waals surface area contributed by atoms with Gasteiger partial charge in [0.15, 0.2) is 5.78 Å². The molecule has 3 rings (SSSR count). The van der Waals surface area contributed by atoms with Crippen LogP contribution in [0.25, 0.3) is 0 Å². The molecule has 0 spiro atoms. The SMILES string of the molecule is Cl.O=C(C=CN1CCNCC1)Cc1ccc(COc2ccc(F)cc2)cc1. The lowest BCUT2D eigenvalue weighted by Crippen LogP contribution is -2.40. The minimum absolute atomic E-state index is 0. The van der Waals surface area contributed by atoms with E-state index in [1.807, 2.05) is 30.5 Å². The largest absolute Gasteiger partial charge is 0.489 e. The first-order valence-electron chi connectivity index (χ1n) is 8.81. The standard InChI is InChI=1S/C21H23FN2O2.ClH/c22-19-5-7-21(8-6-19)26-16-18-3-1-17(2-4-18)15-20(25)9-12-24-13-10-23-11-14-24;/h1-9,12,23H,10-11,13-16H2;1H. The number of rotatable bonds is 7. The molecule has 0 radical (unpaired) electrons. The Morgan fingerprint density at radius 3 is 2.33 bits per heavy atom. The first kappa shape index (κ1) is 20.9. The van der Waals surface area contributed by atoms with Crippen LogP contribution in [0.5, 0.6) is 5.75 Å². The predicted molar refractivity (Wildman–Crippen MR) is 107 cm³/mol. The highest BCUT2D eigenvalue weighted by molar-refractivity contribution is 5.91. The van der Waals surface area contributed by atoms with Gasteiger partial charge in [-0.1, -0.05) is 24.3 Å². The number of benzene rings is 2. The third kappa shape index (κ3) is 7.04. The summed E-state index contributed by atoms with van der Waals surface area (Å²) in [5.41, 5.74) is 1.98. The molecule has 1 fully saturated rings. The number of halogens is 2. The number of ether oxygens (including phenoxy) is 1. The lowest BCUT2D eigenvalue weighted by molar-refractivity contribution is -0.114. The molecule has 2 aromatic rings. The maximum absolute atomic E-state index is 12.9. The molecular weight excluding hydrogens is 367 g/mol. The molecule has 0 aliphatic carbocycles.